The monoisotopic (exact) mass is 227 g/mol. The van der Waals surface area contributed by atoms with Crippen LogP contribution in [-0.4, -0.2) is 47.3 Å². The van der Waals surface area contributed by atoms with E-state index in [1.54, 1.807) is 0 Å². The molecule has 0 bridgehead atoms. The van der Waals surface area contributed by atoms with E-state index in [2.05, 4.69) is 14.5 Å². The van der Waals surface area contributed by atoms with Crippen LogP contribution in [0.25, 0.3) is 0 Å². The molecular formula is C10H17N3OS. The van der Waals surface area contributed by atoms with Crippen LogP contribution in [-0.2, 0) is 11.3 Å². The molecule has 1 aliphatic heterocycles. The van der Waals surface area contributed by atoms with Crippen LogP contribution in [0.4, 0.5) is 0 Å². The van der Waals surface area contributed by atoms with Gasteiger partial charge in [0.05, 0.1) is 13.2 Å². The summed E-state index contributed by atoms with van der Waals surface area (Å²) < 4.78 is 8.20. The average molecular weight is 227 g/mol. The lowest BCUT2D eigenvalue weighted by molar-refractivity contribution is 0.0369. The van der Waals surface area contributed by atoms with Crippen molar-refractivity contribution in [3.05, 3.63) is 17.2 Å². The first-order chi connectivity index (χ1) is 7.36. The number of imidazole rings is 1. The fraction of sp³-hybridized carbons (Fsp3) is 0.700. The van der Waals surface area contributed by atoms with Crippen LogP contribution in [0.3, 0.4) is 0 Å². The standard InChI is InChI=1S/C10H17N3OS/c15-10-11-2-5-13(10)4-1-3-12-6-8-14-9-7-12/h2,5H,1,3-4,6-9H2,(H,11,15). The van der Waals surface area contributed by atoms with Gasteiger partial charge in [-0.1, -0.05) is 0 Å². The summed E-state index contributed by atoms with van der Waals surface area (Å²) in [6.45, 7) is 6.03. The highest BCUT2D eigenvalue weighted by Crippen LogP contribution is 2.00. The topological polar surface area (TPSA) is 33.2 Å². The van der Waals surface area contributed by atoms with E-state index in [-0.39, 0.29) is 0 Å². The number of hydrogen-bond donors (Lipinski definition) is 1. The Kier molecular flexibility index (Phi) is 3.94. The highest BCUT2D eigenvalue weighted by Gasteiger charge is 2.09. The van der Waals surface area contributed by atoms with Crippen molar-refractivity contribution in [2.24, 2.45) is 0 Å². The van der Waals surface area contributed by atoms with Gasteiger partial charge in [0, 0.05) is 38.6 Å². The molecule has 1 aromatic heterocycles. The van der Waals surface area contributed by atoms with E-state index in [0.717, 1.165) is 50.6 Å². The zero-order chi connectivity index (χ0) is 10.5. The van der Waals surface area contributed by atoms with Gasteiger partial charge in [-0.15, -0.1) is 0 Å². The van der Waals surface area contributed by atoms with Crippen LogP contribution >= 0.6 is 12.2 Å². The maximum atomic E-state index is 5.30. The van der Waals surface area contributed by atoms with E-state index in [1.807, 2.05) is 12.4 Å². The summed E-state index contributed by atoms with van der Waals surface area (Å²) in [4.78, 5) is 5.45. The summed E-state index contributed by atoms with van der Waals surface area (Å²) in [5.41, 5.74) is 0. The summed E-state index contributed by atoms with van der Waals surface area (Å²) in [6.07, 6.45) is 5.03. The molecule has 0 aliphatic carbocycles. The van der Waals surface area contributed by atoms with Crippen LogP contribution < -0.4 is 0 Å². The lowest BCUT2D eigenvalue weighted by Gasteiger charge is -2.26. The minimum atomic E-state index is 0.817. The Morgan fingerprint density at radius 2 is 2.13 bits per heavy atom. The largest absolute Gasteiger partial charge is 0.379 e. The minimum Gasteiger partial charge on any atom is -0.379 e. The minimum absolute atomic E-state index is 0.817. The number of rotatable bonds is 4. The predicted octanol–water partition coefficient (Wildman–Crippen LogP) is 1.27. The van der Waals surface area contributed by atoms with Gasteiger partial charge in [0.1, 0.15) is 0 Å². The summed E-state index contributed by atoms with van der Waals surface area (Å²) in [6, 6.07) is 0. The normalized spacial score (nSPS) is 18.1. The Balaban J connectivity index is 1.70. The highest BCUT2D eigenvalue weighted by atomic mass is 32.1. The number of morpholine rings is 1. The number of aromatic amines is 1. The van der Waals surface area contributed by atoms with Crippen molar-refractivity contribution in [3.63, 3.8) is 0 Å². The molecule has 0 saturated carbocycles. The van der Waals surface area contributed by atoms with E-state index >= 15 is 0 Å². The van der Waals surface area contributed by atoms with Crippen molar-refractivity contribution in [3.8, 4) is 0 Å². The molecule has 0 unspecified atom stereocenters. The number of aryl methyl sites for hydroxylation is 1. The molecule has 4 nitrogen and oxygen atoms in total. The van der Waals surface area contributed by atoms with Crippen LogP contribution in [0.5, 0.6) is 0 Å². The highest BCUT2D eigenvalue weighted by molar-refractivity contribution is 7.71. The number of nitrogens with zero attached hydrogens (tertiary/aromatic N) is 2. The van der Waals surface area contributed by atoms with Gasteiger partial charge in [-0.25, -0.2) is 0 Å². The molecule has 1 N–H and O–H groups in total. The third-order valence-corrected chi connectivity index (χ3v) is 3.05. The van der Waals surface area contributed by atoms with Crippen molar-refractivity contribution in [1.29, 1.82) is 0 Å². The molecule has 0 radical (unpaired) electrons. The van der Waals surface area contributed by atoms with Gasteiger partial charge in [0.25, 0.3) is 0 Å². The smallest absolute Gasteiger partial charge is 0.177 e. The van der Waals surface area contributed by atoms with Crippen LogP contribution in [0, 0.1) is 4.77 Å². The maximum absolute atomic E-state index is 5.30. The van der Waals surface area contributed by atoms with Gasteiger partial charge >= 0.3 is 0 Å². The molecular weight excluding hydrogens is 210 g/mol. The first-order valence-electron chi connectivity index (χ1n) is 5.40. The average Bonchev–Trinajstić information content (AvgIpc) is 2.66. The van der Waals surface area contributed by atoms with Gasteiger partial charge in [-0.3, -0.25) is 4.90 Å². The zero-order valence-electron chi connectivity index (χ0n) is 8.82. The van der Waals surface area contributed by atoms with Crippen LogP contribution in [0.1, 0.15) is 6.42 Å². The molecule has 0 aromatic carbocycles. The lowest BCUT2D eigenvalue weighted by atomic mass is 10.3. The fourth-order valence-electron chi connectivity index (χ4n) is 1.81. The third-order valence-electron chi connectivity index (χ3n) is 2.70. The molecule has 1 fully saturated rings. The lowest BCUT2D eigenvalue weighted by Crippen LogP contribution is -2.37. The van der Waals surface area contributed by atoms with E-state index < -0.39 is 0 Å². The number of H-pyrrole nitrogens is 1. The van der Waals surface area contributed by atoms with Crippen molar-refractivity contribution < 1.29 is 4.74 Å². The van der Waals surface area contributed by atoms with Gasteiger partial charge in [0.2, 0.25) is 0 Å². The number of hydrogen-bond acceptors (Lipinski definition) is 3. The molecule has 15 heavy (non-hydrogen) atoms. The van der Waals surface area contributed by atoms with Gasteiger partial charge < -0.3 is 14.3 Å². The van der Waals surface area contributed by atoms with E-state index in [1.165, 1.54) is 0 Å². The third kappa shape index (κ3) is 3.15. The molecule has 2 rings (SSSR count). The molecule has 1 saturated heterocycles. The molecule has 0 atom stereocenters. The Bertz CT molecular complexity index is 340. The van der Waals surface area contributed by atoms with Crippen molar-refractivity contribution in [1.82, 2.24) is 14.5 Å². The number of aromatic nitrogens is 2. The maximum Gasteiger partial charge on any atom is 0.177 e. The van der Waals surface area contributed by atoms with E-state index in [0.29, 0.717) is 0 Å². The molecule has 1 aromatic rings. The molecule has 84 valence electrons. The van der Waals surface area contributed by atoms with Gasteiger partial charge in [-0.2, -0.15) is 0 Å². The fourth-order valence-corrected chi connectivity index (χ4v) is 2.03. The van der Waals surface area contributed by atoms with E-state index in [9.17, 15) is 0 Å². The summed E-state index contributed by atoms with van der Waals surface area (Å²) in [5, 5.41) is 0. The van der Waals surface area contributed by atoms with Gasteiger partial charge in [0.15, 0.2) is 4.77 Å². The predicted molar refractivity (Wildman–Crippen MR) is 61.5 cm³/mol. The summed E-state index contributed by atoms with van der Waals surface area (Å²) in [5.74, 6) is 0. The van der Waals surface area contributed by atoms with Crippen molar-refractivity contribution in [2.75, 3.05) is 32.8 Å². The molecule has 1 aliphatic rings. The van der Waals surface area contributed by atoms with Crippen molar-refractivity contribution in [2.45, 2.75) is 13.0 Å². The number of nitrogens with one attached hydrogen (secondary N) is 1. The second kappa shape index (κ2) is 5.44. The Hall–Kier alpha value is -0.650. The van der Waals surface area contributed by atoms with Crippen LogP contribution in [0.2, 0.25) is 0 Å². The van der Waals surface area contributed by atoms with Crippen molar-refractivity contribution >= 4 is 12.2 Å². The second-order valence-corrected chi connectivity index (χ2v) is 4.15. The first-order valence-corrected chi connectivity index (χ1v) is 5.81. The quantitative estimate of drug-likeness (QED) is 0.786. The SMILES string of the molecule is S=c1[nH]ccn1CCCN1CCOCC1. The zero-order valence-corrected chi connectivity index (χ0v) is 9.63. The Morgan fingerprint density at radius 1 is 1.33 bits per heavy atom. The molecule has 0 spiro atoms. The molecule has 0 amide bonds. The van der Waals surface area contributed by atoms with Crippen LogP contribution in [0.15, 0.2) is 12.4 Å². The summed E-state index contributed by atoms with van der Waals surface area (Å²) >= 11 is 5.13. The van der Waals surface area contributed by atoms with Gasteiger partial charge in [-0.05, 0) is 18.6 Å². The molecule has 2 heterocycles. The first kappa shape index (κ1) is 10.9. The Labute approximate surface area is 94.9 Å². The summed E-state index contributed by atoms with van der Waals surface area (Å²) in [7, 11) is 0. The second-order valence-electron chi connectivity index (χ2n) is 3.77. The Morgan fingerprint density at radius 3 is 2.80 bits per heavy atom. The number of ether oxygens (including phenoxy) is 1. The van der Waals surface area contributed by atoms with E-state index in [4.69, 9.17) is 17.0 Å². The molecule has 5 heteroatoms.